The summed E-state index contributed by atoms with van der Waals surface area (Å²) in [4.78, 5) is 33.1. The van der Waals surface area contributed by atoms with Crippen LogP contribution in [0.2, 0.25) is 0 Å². The van der Waals surface area contributed by atoms with Gasteiger partial charge in [-0.15, -0.1) is 0 Å². The predicted molar refractivity (Wildman–Crippen MR) is 79.7 cm³/mol. The number of nitrogens with one attached hydrogen (secondary N) is 2. The van der Waals surface area contributed by atoms with Crippen molar-refractivity contribution in [1.82, 2.24) is 0 Å². The van der Waals surface area contributed by atoms with Crippen LogP contribution in [0.4, 0.5) is 16.4 Å². The summed E-state index contributed by atoms with van der Waals surface area (Å²) in [5.74, 6) is -0.599. The fraction of sp³-hybridized carbons (Fsp3) is 0.0769. The maximum atomic E-state index is 11.9. The van der Waals surface area contributed by atoms with E-state index in [0.717, 1.165) is 11.3 Å². The fourth-order valence-corrected chi connectivity index (χ4v) is 2.30. The van der Waals surface area contributed by atoms with Gasteiger partial charge in [0.05, 0.1) is 9.80 Å². The van der Waals surface area contributed by atoms with E-state index in [9.17, 15) is 19.7 Å². The van der Waals surface area contributed by atoms with Crippen molar-refractivity contribution in [2.45, 2.75) is 6.92 Å². The zero-order chi connectivity index (χ0) is 15.4. The monoisotopic (exact) mass is 305 g/mol. The number of amides is 2. The Hall–Kier alpha value is -2.74. The van der Waals surface area contributed by atoms with Gasteiger partial charge >= 0.3 is 5.00 Å². The topological polar surface area (TPSA) is 101 Å². The lowest BCUT2D eigenvalue weighted by molar-refractivity contribution is -0.380. The zero-order valence-electron chi connectivity index (χ0n) is 11.0. The molecule has 0 fully saturated rings. The molecule has 7 nitrogen and oxygen atoms in total. The third-order valence-corrected chi connectivity index (χ3v) is 3.49. The van der Waals surface area contributed by atoms with Crippen LogP contribution >= 0.6 is 11.3 Å². The van der Waals surface area contributed by atoms with E-state index >= 15 is 0 Å². The maximum absolute atomic E-state index is 11.9. The highest BCUT2D eigenvalue weighted by Gasteiger charge is 2.15. The Morgan fingerprint density at radius 1 is 1.05 bits per heavy atom. The Balaban J connectivity index is 2.04. The van der Waals surface area contributed by atoms with Crippen molar-refractivity contribution in [1.29, 1.82) is 0 Å². The number of hydrogen-bond donors (Lipinski definition) is 2. The Morgan fingerprint density at radius 3 is 2.10 bits per heavy atom. The van der Waals surface area contributed by atoms with E-state index in [1.165, 1.54) is 19.1 Å². The smallest absolute Gasteiger partial charge is 0.324 e. The normalized spacial score (nSPS) is 9.95. The molecule has 0 saturated carbocycles. The number of carbonyl (C=O) groups excluding carboxylic acids is 2. The van der Waals surface area contributed by atoms with E-state index in [0.29, 0.717) is 11.4 Å². The van der Waals surface area contributed by atoms with E-state index in [-0.39, 0.29) is 15.8 Å². The molecule has 0 unspecified atom stereocenters. The van der Waals surface area contributed by atoms with Crippen LogP contribution in [0, 0.1) is 10.1 Å². The van der Waals surface area contributed by atoms with E-state index in [1.807, 2.05) is 0 Å². The Kier molecular flexibility index (Phi) is 4.29. The molecule has 2 aromatic rings. The second-order valence-corrected chi connectivity index (χ2v) is 5.17. The zero-order valence-corrected chi connectivity index (χ0v) is 11.8. The summed E-state index contributed by atoms with van der Waals surface area (Å²) < 4.78 is 0. The molecule has 8 heteroatoms. The Bertz CT molecular complexity index is 694. The third-order valence-electron chi connectivity index (χ3n) is 2.46. The average Bonchev–Trinajstić information content (AvgIpc) is 2.90. The summed E-state index contributed by atoms with van der Waals surface area (Å²) in [5, 5.41) is 15.7. The van der Waals surface area contributed by atoms with Gasteiger partial charge in [0.1, 0.15) is 0 Å². The first-order valence-electron chi connectivity index (χ1n) is 5.89. The van der Waals surface area contributed by atoms with E-state index in [4.69, 9.17) is 0 Å². The number of thiophene rings is 1. The fourth-order valence-electron chi connectivity index (χ4n) is 1.58. The molecule has 108 valence electrons. The summed E-state index contributed by atoms with van der Waals surface area (Å²) in [6.07, 6.45) is 0. The van der Waals surface area contributed by atoms with Crippen LogP contribution in [0.1, 0.15) is 16.6 Å². The third kappa shape index (κ3) is 3.86. The molecule has 2 rings (SSSR count). The molecule has 0 aliphatic carbocycles. The molecular weight excluding hydrogens is 294 g/mol. The lowest BCUT2D eigenvalue weighted by Gasteiger charge is -2.05. The SMILES string of the molecule is CC(=O)Nc1ccc(NC(=O)c2ccc([N+](=O)[O-])s2)cc1. The minimum absolute atomic E-state index is 0.0823. The van der Waals surface area contributed by atoms with Crippen LogP contribution in [0.25, 0.3) is 0 Å². The van der Waals surface area contributed by atoms with Crippen molar-refractivity contribution >= 4 is 39.5 Å². The molecule has 0 spiro atoms. The van der Waals surface area contributed by atoms with Crippen molar-refractivity contribution in [2.75, 3.05) is 10.6 Å². The molecule has 0 aliphatic heterocycles. The number of nitrogens with zero attached hydrogens (tertiary/aromatic N) is 1. The molecule has 21 heavy (non-hydrogen) atoms. The number of rotatable bonds is 4. The molecule has 0 saturated heterocycles. The van der Waals surface area contributed by atoms with Gasteiger partial charge in [0.15, 0.2) is 0 Å². The molecule has 2 amide bonds. The van der Waals surface area contributed by atoms with Gasteiger partial charge in [0.2, 0.25) is 5.91 Å². The van der Waals surface area contributed by atoms with Gasteiger partial charge in [0.25, 0.3) is 5.91 Å². The summed E-state index contributed by atoms with van der Waals surface area (Å²) in [6, 6.07) is 9.25. The van der Waals surface area contributed by atoms with Crippen LogP contribution in [0.3, 0.4) is 0 Å². The molecular formula is C13H11N3O4S. The molecule has 1 heterocycles. The summed E-state index contributed by atoms with van der Waals surface area (Å²) in [5.41, 5.74) is 1.15. The highest BCUT2D eigenvalue weighted by atomic mass is 32.1. The van der Waals surface area contributed by atoms with Crippen molar-refractivity contribution in [2.24, 2.45) is 0 Å². The van der Waals surface area contributed by atoms with Gasteiger partial charge in [-0.25, -0.2) is 0 Å². The summed E-state index contributed by atoms with van der Waals surface area (Å²) >= 11 is 0.812. The largest absolute Gasteiger partial charge is 0.326 e. The number of carbonyl (C=O) groups is 2. The molecule has 0 atom stereocenters. The van der Waals surface area contributed by atoms with Gasteiger partial charge in [-0.3, -0.25) is 19.7 Å². The van der Waals surface area contributed by atoms with Crippen molar-refractivity contribution in [3.8, 4) is 0 Å². The van der Waals surface area contributed by atoms with E-state index in [2.05, 4.69) is 10.6 Å². The van der Waals surface area contributed by atoms with E-state index in [1.54, 1.807) is 24.3 Å². The van der Waals surface area contributed by atoms with Crippen molar-refractivity contribution < 1.29 is 14.5 Å². The van der Waals surface area contributed by atoms with E-state index < -0.39 is 10.8 Å². The Morgan fingerprint density at radius 2 is 1.62 bits per heavy atom. The van der Waals surface area contributed by atoms with Crippen LogP contribution in [-0.2, 0) is 4.79 Å². The molecule has 0 bridgehead atoms. The minimum Gasteiger partial charge on any atom is -0.326 e. The first kappa shape index (κ1) is 14.7. The number of anilines is 2. The second kappa shape index (κ2) is 6.14. The second-order valence-electron chi connectivity index (χ2n) is 4.11. The standard InChI is InChI=1S/C13H11N3O4S/c1-8(17)14-9-2-4-10(5-3-9)15-13(18)11-6-7-12(21-11)16(19)20/h2-7H,1H3,(H,14,17)(H,15,18). The van der Waals surface area contributed by atoms with Crippen LogP contribution in [0.15, 0.2) is 36.4 Å². The summed E-state index contributed by atoms with van der Waals surface area (Å²) in [6.45, 7) is 1.40. The maximum Gasteiger partial charge on any atom is 0.324 e. The first-order chi connectivity index (χ1) is 9.95. The van der Waals surface area contributed by atoms with Gasteiger partial charge in [-0.05, 0) is 30.3 Å². The molecule has 2 N–H and O–H groups in total. The summed E-state index contributed by atoms with van der Waals surface area (Å²) in [7, 11) is 0. The van der Waals surface area contributed by atoms with Gasteiger partial charge in [0, 0.05) is 24.4 Å². The van der Waals surface area contributed by atoms with Gasteiger partial charge < -0.3 is 10.6 Å². The average molecular weight is 305 g/mol. The molecule has 1 aromatic carbocycles. The lowest BCUT2D eigenvalue weighted by atomic mass is 10.2. The van der Waals surface area contributed by atoms with Gasteiger partial charge in [-0.2, -0.15) is 0 Å². The van der Waals surface area contributed by atoms with Crippen LogP contribution in [-0.4, -0.2) is 16.7 Å². The quantitative estimate of drug-likeness (QED) is 0.669. The van der Waals surface area contributed by atoms with Crippen LogP contribution < -0.4 is 10.6 Å². The van der Waals surface area contributed by atoms with Gasteiger partial charge in [-0.1, -0.05) is 11.3 Å². The number of hydrogen-bond acceptors (Lipinski definition) is 5. The number of nitro groups is 1. The first-order valence-corrected chi connectivity index (χ1v) is 6.70. The lowest BCUT2D eigenvalue weighted by Crippen LogP contribution is -2.10. The number of benzene rings is 1. The Labute approximate surface area is 123 Å². The van der Waals surface area contributed by atoms with Crippen LogP contribution in [0.5, 0.6) is 0 Å². The molecule has 0 radical (unpaired) electrons. The highest BCUT2D eigenvalue weighted by Crippen LogP contribution is 2.25. The molecule has 1 aromatic heterocycles. The van der Waals surface area contributed by atoms with Crippen molar-refractivity contribution in [3.05, 3.63) is 51.4 Å². The highest BCUT2D eigenvalue weighted by molar-refractivity contribution is 7.17. The van der Waals surface area contributed by atoms with Crippen molar-refractivity contribution in [3.63, 3.8) is 0 Å². The predicted octanol–water partition coefficient (Wildman–Crippen LogP) is 2.87. The minimum atomic E-state index is -0.538. The molecule has 0 aliphatic rings.